The van der Waals surface area contributed by atoms with Crippen LogP contribution in [0, 0.1) is 10.1 Å². The summed E-state index contributed by atoms with van der Waals surface area (Å²) >= 11 is 0. The van der Waals surface area contributed by atoms with Crippen LogP contribution in [0.5, 0.6) is 0 Å². The Hall–Kier alpha value is -3.10. The summed E-state index contributed by atoms with van der Waals surface area (Å²) < 4.78 is 0.744. The van der Waals surface area contributed by atoms with E-state index < -0.39 is 22.5 Å². The summed E-state index contributed by atoms with van der Waals surface area (Å²) in [6.07, 6.45) is 0.925. The van der Waals surface area contributed by atoms with Crippen LogP contribution in [0.1, 0.15) is 10.4 Å². The third-order valence-corrected chi connectivity index (χ3v) is 2.19. The molecule has 2 aromatic rings. The summed E-state index contributed by atoms with van der Waals surface area (Å²) in [5, 5.41) is 25.5. The van der Waals surface area contributed by atoms with Crippen LogP contribution in [0.2, 0.25) is 0 Å². The van der Waals surface area contributed by atoms with Crippen molar-refractivity contribution in [2.24, 2.45) is 5.16 Å². The molecule has 0 aliphatic rings. The average Bonchev–Trinajstić information content (AvgIpc) is 2.90. The maximum Gasteiger partial charge on any atom is 0.491 e. The van der Waals surface area contributed by atoms with Gasteiger partial charge in [0.05, 0.1) is 0 Å². The first-order chi connectivity index (χ1) is 9.13. The molecule has 96 valence electrons. The number of oxime groups is 1. The smallest absolute Gasteiger partial charge is 0.409 e. The zero-order chi connectivity index (χ0) is 13.8. The lowest BCUT2D eigenvalue weighted by Gasteiger charge is -1.99. The summed E-state index contributed by atoms with van der Waals surface area (Å²) in [5.74, 6) is -1.81. The Morgan fingerprint density at radius 3 is 2.58 bits per heavy atom. The van der Waals surface area contributed by atoms with Gasteiger partial charge in [0.1, 0.15) is 0 Å². The first-order valence-corrected chi connectivity index (χ1v) is 5.01. The van der Waals surface area contributed by atoms with E-state index in [0.29, 0.717) is 0 Å². The monoisotopic (exact) mass is 261 g/mol. The minimum atomic E-state index is -0.821. The van der Waals surface area contributed by atoms with Gasteiger partial charge in [0.25, 0.3) is 5.84 Å². The van der Waals surface area contributed by atoms with Gasteiger partial charge in [0.15, 0.2) is 0 Å². The zero-order valence-corrected chi connectivity index (χ0v) is 9.37. The van der Waals surface area contributed by atoms with Crippen molar-refractivity contribution in [1.82, 2.24) is 14.8 Å². The molecule has 2 rings (SSSR count). The van der Waals surface area contributed by atoms with Gasteiger partial charge < -0.3 is 15.3 Å². The summed E-state index contributed by atoms with van der Waals surface area (Å²) in [4.78, 5) is 25.0. The molecule has 0 saturated heterocycles. The molecule has 0 saturated carbocycles. The molecule has 0 unspecified atom stereocenters. The Morgan fingerprint density at radius 2 is 2.05 bits per heavy atom. The molecule has 0 aliphatic heterocycles. The number of carbonyl (C=O) groups excluding carboxylic acids is 1. The van der Waals surface area contributed by atoms with Crippen LogP contribution >= 0.6 is 0 Å². The molecule has 0 spiro atoms. The molecule has 1 aromatic heterocycles. The van der Waals surface area contributed by atoms with Crippen molar-refractivity contribution < 1.29 is 14.9 Å². The van der Waals surface area contributed by atoms with Crippen molar-refractivity contribution >= 4 is 17.6 Å². The van der Waals surface area contributed by atoms with Gasteiger partial charge >= 0.3 is 5.95 Å². The van der Waals surface area contributed by atoms with E-state index in [0.717, 1.165) is 11.0 Å². The van der Waals surface area contributed by atoms with E-state index in [1.807, 2.05) is 0 Å². The molecule has 9 heteroatoms. The van der Waals surface area contributed by atoms with E-state index in [4.69, 9.17) is 5.21 Å². The maximum atomic E-state index is 12.0. The normalized spacial score (nSPS) is 11.3. The Kier molecular flexibility index (Phi) is 3.28. The summed E-state index contributed by atoms with van der Waals surface area (Å²) in [7, 11) is 0. The lowest BCUT2D eigenvalue weighted by molar-refractivity contribution is -0.394. The molecule has 0 fully saturated rings. The zero-order valence-electron chi connectivity index (χ0n) is 9.37. The molecule has 0 atom stereocenters. The van der Waals surface area contributed by atoms with Crippen molar-refractivity contribution in [2.75, 3.05) is 0 Å². The molecule has 0 bridgehead atoms. The summed E-state index contributed by atoms with van der Waals surface area (Å²) in [6, 6.07) is 8.00. The molecular weight excluding hydrogens is 254 g/mol. The minimum Gasteiger partial charge on any atom is -0.409 e. The minimum absolute atomic E-state index is 0.258. The second kappa shape index (κ2) is 5.04. The van der Waals surface area contributed by atoms with Gasteiger partial charge in [-0.05, 0) is 4.92 Å². The van der Waals surface area contributed by atoms with Crippen molar-refractivity contribution in [3.8, 4) is 0 Å². The topological polar surface area (TPSA) is 124 Å². The summed E-state index contributed by atoms with van der Waals surface area (Å²) in [5.41, 5.74) is 0.258. The highest BCUT2D eigenvalue weighted by atomic mass is 16.6. The van der Waals surface area contributed by atoms with E-state index in [-0.39, 0.29) is 5.56 Å². The van der Waals surface area contributed by atoms with Crippen LogP contribution in [0.25, 0.3) is 0 Å². The molecule has 1 heterocycles. The molecule has 1 aromatic carbocycles. The fourth-order valence-electron chi connectivity index (χ4n) is 1.35. The molecule has 0 aliphatic carbocycles. The predicted molar refractivity (Wildman–Crippen MR) is 62.1 cm³/mol. The first kappa shape index (κ1) is 12.4. The number of nitrogens with zero attached hydrogens (tertiary/aromatic N) is 5. The Bertz CT molecular complexity index is 649. The quantitative estimate of drug-likeness (QED) is 0.216. The van der Waals surface area contributed by atoms with E-state index in [1.54, 1.807) is 18.2 Å². The average molecular weight is 261 g/mol. The lowest BCUT2D eigenvalue weighted by atomic mass is 10.1. The summed E-state index contributed by atoms with van der Waals surface area (Å²) in [6.45, 7) is 0. The van der Waals surface area contributed by atoms with Gasteiger partial charge in [-0.25, -0.2) is 0 Å². The van der Waals surface area contributed by atoms with Crippen LogP contribution in [0.3, 0.4) is 0 Å². The van der Waals surface area contributed by atoms with Gasteiger partial charge in [0.2, 0.25) is 12.1 Å². The number of Topliss-reactive ketones (excluding diaryl/α,β-unsaturated/α-hetero) is 1. The molecule has 1 N–H and O–H groups in total. The largest absolute Gasteiger partial charge is 0.491 e. The fourth-order valence-corrected chi connectivity index (χ4v) is 1.35. The van der Waals surface area contributed by atoms with Crippen LogP contribution < -0.4 is 0 Å². The second-order valence-electron chi connectivity index (χ2n) is 3.37. The van der Waals surface area contributed by atoms with Gasteiger partial charge in [0, 0.05) is 10.7 Å². The van der Waals surface area contributed by atoms with Crippen LogP contribution in [0.15, 0.2) is 41.8 Å². The number of nitro groups is 1. The van der Waals surface area contributed by atoms with E-state index >= 15 is 0 Å². The highest BCUT2D eigenvalue weighted by Gasteiger charge is 2.23. The number of benzene rings is 1. The highest BCUT2D eigenvalue weighted by Crippen LogP contribution is 2.05. The number of carbonyl (C=O) groups is 1. The van der Waals surface area contributed by atoms with E-state index in [1.165, 1.54) is 12.1 Å². The van der Waals surface area contributed by atoms with Crippen LogP contribution in [0.4, 0.5) is 5.95 Å². The molecule has 0 radical (unpaired) electrons. The standard InChI is InChI=1S/C10H7N5O4/c16-8(7-4-2-1-3-5-7)9(13-17)14-6-11-10(12-14)15(18)19/h1-6,17H/b13-9+. The Balaban J connectivity index is 2.35. The van der Waals surface area contributed by atoms with E-state index in [2.05, 4.69) is 15.2 Å². The molecular formula is C10H7N5O4. The number of rotatable bonds is 3. The van der Waals surface area contributed by atoms with E-state index in [9.17, 15) is 14.9 Å². The van der Waals surface area contributed by atoms with Crippen molar-refractivity contribution in [1.29, 1.82) is 0 Å². The Morgan fingerprint density at radius 1 is 1.37 bits per heavy atom. The predicted octanol–water partition coefficient (Wildman–Crippen LogP) is 0.705. The van der Waals surface area contributed by atoms with Crippen molar-refractivity contribution in [3.63, 3.8) is 0 Å². The van der Waals surface area contributed by atoms with Crippen LogP contribution in [-0.2, 0) is 0 Å². The lowest BCUT2D eigenvalue weighted by Crippen LogP contribution is -2.23. The fraction of sp³-hybridized carbons (Fsp3) is 0. The van der Waals surface area contributed by atoms with Crippen molar-refractivity contribution in [3.05, 3.63) is 52.3 Å². The van der Waals surface area contributed by atoms with Gasteiger partial charge in [-0.3, -0.25) is 4.79 Å². The van der Waals surface area contributed by atoms with Gasteiger partial charge in [-0.15, -0.1) is 4.68 Å². The number of hydrogen-bond donors (Lipinski definition) is 1. The van der Waals surface area contributed by atoms with Gasteiger partial charge in [-0.1, -0.05) is 40.5 Å². The molecule has 19 heavy (non-hydrogen) atoms. The van der Waals surface area contributed by atoms with Crippen LogP contribution in [-0.4, -0.2) is 36.5 Å². The number of hydrogen-bond acceptors (Lipinski definition) is 7. The maximum absolute atomic E-state index is 12.0. The number of aromatic nitrogens is 3. The second-order valence-corrected chi connectivity index (χ2v) is 3.37. The SMILES string of the molecule is O=C(/C(=N\O)n1cnc([N+](=O)[O-])n1)c1ccccc1. The Labute approximate surface area is 106 Å². The highest BCUT2D eigenvalue weighted by molar-refractivity contribution is 6.45. The third-order valence-electron chi connectivity index (χ3n) is 2.19. The molecule has 0 amide bonds. The first-order valence-electron chi connectivity index (χ1n) is 5.01. The molecule has 9 nitrogen and oxygen atoms in total. The van der Waals surface area contributed by atoms with Crippen molar-refractivity contribution in [2.45, 2.75) is 0 Å². The number of ketones is 1. The third kappa shape index (κ3) is 2.44. The van der Waals surface area contributed by atoms with Gasteiger partial charge in [-0.2, -0.15) is 0 Å².